The van der Waals surface area contributed by atoms with Gasteiger partial charge < -0.3 is 25.4 Å². The van der Waals surface area contributed by atoms with Crippen molar-refractivity contribution >= 4 is 29.9 Å². The molecule has 2 heterocycles. The number of hydrogen-bond donors (Lipinski definition) is 2. The van der Waals surface area contributed by atoms with Crippen LogP contribution in [0.3, 0.4) is 0 Å². The Morgan fingerprint density at radius 2 is 2.00 bits per heavy atom. The van der Waals surface area contributed by atoms with Gasteiger partial charge in [0.1, 0.15) is 19.1 Å². The number of carbonyl (C=O) groups excluding carboxylic acids is 2. The van der Waals surface area contributed by atoms with Gasteiger partial charge in [0.15, 0.2) is 11.5 Å². The first-order valence-corrected chi connectivity index (χ1v) is 8.39. The Morgan fingerprint density at radius 1 is 1.24 bits per heavy atom. The van der Waals surface area contributed by atoms with Crippen LogP contribution in [0.15, 0.2) is 18.2 Å². The Balaban J connectivity index is 0.00000225. The van der Waals surface area contributed by atoms with E-state index in [1.807, 2.05) is 6.07 Å². The maximum Gasteiger partial charge on any atom is 0.239 e. The van der Waals surface area contributed by atoms with Crippen LogP contribution in [0.1, 0.15) is 19.3 Å². The molecule has 0 aromatic heterocycles. The topological polar surface area (TPSA) is 93.9 Å². The van der Waals surface area contributed by atoms with E-state index in [2.05, 4.69) is 5.32 Å². The predicted octanol–water partition coefficient (Wildman–Crippen LogP) is 1.09. The van der Waals surface area contributed by atoms with Gasteiger partial charge in [0.05, 0.1) is 0 Å². The van der Waals surface area contributed by atoms with E-state index in [-0.39, 0.29) is 24.2 Å². The maximum atomic E-state index is 12.6. The Bertz CT molecular complexity index is 626. The highest BCUT2D eigenvalue weighted by atomic mass is 35.5. The monoisotopic (exact) mass is 369 g/mol. The van der Waals surface area contributed by atoms with Crippen molar-refractivity contribution in [3.05, 3.63) is 18.2 Å². The molecule has 25 heavy (non-hydrogen) atoms. The number of unbranched alkanes of at least 4 members (excludes halogenated alkanes) is 1. The number of nitrogens with zero attached hydrogens (tertiary/aromatic N) is 1. The van der Waals surface area contributed by atoms with E-state index in [0.717, 1.165) is 18.5 Å². The third kappa shape index (κ3) is 4.35. The van der Waals surface area contributed by atoms with Crippen LogP contribution < -0.4 is 25.4 Å². The zero-order valence-electron chi connectivity index (χ0n) is 14.0. The second kappa shape index (κ2) is 8.92. The van der Waals surface area contributed by atoms with Crippen molar-refractivity contribution in [2.45, 2.75) is 19.3 Å². The molecular weight excluding hydrogens is 346 g/mol. The molecule has 8 heteroatoms. The summed E-state index contributed by atoms with van der Waals surface area (Å²) in [6.07, 6.45) is 2.22. The van der Waals surface area contributed by atoms with Crippen molar-refractivity contribution in [1.29, 1.82) is 0 Å². The fourth-order valence-electron chi connectivity index (χ4n) is 2.98. The van der Waals surface area contributed by atoms with E-state index in [1.54, 1.807) is 17.0 Å². The minimum atomic E-state index is -0.615. The number of amides is 2. The number of ether oxygens (including phenoxy) is 2. The van der Waals surface area contributed by atoms with E-state index in [4.69, 9.17) is 15.2 Å². The van der Waals surface area contributed by atoms with Crippen LogP contribution in [-0.4, -0.2) is 44.7 Å². The van der Waals surface area contributed by atoms with Gasteiger partial charge in [0, 0.05) is 24.8 Å². The van der Waals surface area contributed by atoms with Crippen LogP contribution >= 0.6 is 12.4 Å². The van der Waals surface area contributed by atoms with Crippen molar-refractivity contribution in [3.8, 4) is 11.5 Å². The highest BCUT2D eigenvalue weighted by molar-refractivity contribution is 6.09. The summed E-state index contributed by atoms with van der Waals surface area (Å²) >= 11 is 0. The highest BCUT2D eigenvalue weighted by Crippen LogP contribution is 2.35. The molecular formula is C17H24ClN3O4. The first-order valence-electron chi connectivity index (χ1n) is 8.39. The summed E-state index contributed by atoms with van der Waals surface area (Å²) in [4.78, 5) is 26.4. The van der Waals surface area contributed by atoms with Crippen LogP contribution in [-0.2, 0) is 9.59 Å². The molecule has 7 nitrogen and oxygen atoms in total. The molecule has 138 valence electrons. The Kier molecular flexibility index (Phi) is 6.90. The summed E-state index contributed by atoms with van der Waals surface area (Å²) in [7, 11) is 0. The van der Waals surface area contributed by atoms with Crippen molar-refractivity contribution < 1.29 is 19.1 Å². The molecule has 3 N–H and O–H groups in total. The molecule has 0 radical (unpaired) electrons. The predicted molar refractivity (Wildman–Crippen MR) is 96.4 cm³/mol. The lowest BCUT2D eigenvalue weighted by molar-refractivity contribution is -0.132. The molecule has 2 aliphatic rings. The number of nitrogens with two attached hydrogens (primary N) is 1. The minimum Gasteiger partial charge on any atom is -0.486 e. The second-order valence-electron chi connectivity index (χ2n) is 5.95. The largest absolute Gasteiger partial charge is 0.486 e. The number of rotatable bonds is 6. The number of hydrogen-bond acceptors (Lipinski definition) is 5. The van der Waals surface area contributed by atoms with Gasteiger partial charge in [0.2, 0.25) is 11.8 Å². The summed E-state index contributed by atoms with van der Waals surface area (Å²) in [5, 5.41) is 2.83. The molecule has 0 spiro atoms. The fourth-order valence-corrected chi connectivity index (χ4v) is 2.98. The van der Waals surface area contributed by atoms with Gasteiger partial charge in [0.25, 0.3) is 0 Å². The van der Waals surface area contributed by atoms with Crippen LogP contribution in [0, 0.1) is 5.92 Å². The summed E-state index contributed by atoms with van der Waals surface area (Å²) in [5.41, 5.74) is 6.17. The van der Waals surface area contributed by atoms with E-state index in [0.29, 0.717) is 50.8 Å². The van der Waals surface area contributed by atoms with Gasteiger partial charge in [-0.2, -0.15) is 0 Å². The van der Waals surface area contributed by atoms with Crippen molar-refractivity contribution in [2.75, 3.05) is 37.7 Å². The molecule has 1 aromatic rings. The molecule has 3 rings (SSSR count). The van der Waals surface area contributed by atoms with Crippen LogP contribution in [0.2, 0.25) is 0 Å². The number of halogens is 1. The van der Waals surface area contributed by atoms with Gasteiger partial charge in [-0.25, -0.2) is 0 Å². The molecule has 1 aromatic carbocycles. The van der Waals surface area contributed by atoms with E-state index in [9.17, 15) is 9.59 Å². The number of benzene rings is 1. The number of anilines is 1. The molecule has 1 saturated heterocycles. The second-order valence-corrected chi connectivity index (χ2v) is 5.95. The fraction of sp³-hybridized carbons (Fsp3) is 0.529. The molecule has 0 aliphatic carbocycles. The van der Waals surface area contributed by atoms with Crippen molar-refractivity contribution in [2.24, 2.45) is 11.7 Å². The zero-order chi connectivity index (χ0) is 16.9. The van der Waals surface area contributed by atoms with E-state index < -0.39 is 5.92 Å². The standard InChI is InChI=1S/C17H23N3O4.ClH/c18-6-1-2-7-19-16(21)13-5-8-20(17(13)22)12-3-4-14-15(11-12)24-10-9-23-14;/h3-4,11,13H,1-2,5-10,18H2,(H,19,21);1H. The van der Waals surface area contributed by atoms with Gasteiger partial charge in [-0.1, -0.05) is 0 Å². The quantitative estimate of drug-likeness (QED) is 0.578. The smallest absolute Gasteiger partial charge is 0.239 e. The molecule has 2 amide bonds. The average molecular weight is 370 g/mol. The van der Waals surface area contributed by atoms with Crippen molar-refractivity contribution in [3.63, 3.8) is 0 Å². The van der Waals surface area contributed by atoms with Crippen LogP contribution in [0.25, 0.3) is 0 Å². The number of nitrogens with one attached hydrogen (secondary N) is 1. The zero-order valence-corrected chi connectivity index (χ0v) is 14.8. The molecule has 0 saturated carbocycles. The summed E-state index contributed by atoms with van der Waals surface area (Å²) in [6.45, 7) is 2.72. The average Bonchev–Trinajstić information content (AvgIpc) is 2.99. The SMILES string of the molecule is Cl.NCCCCNC(=O)C1CCN(c2ccc3c(c2)OCCO3)C1=O. The van der Waals surface area contributed by atoms with E-state index >= 15 is 0 Å². The third-order valence-electron chi connectivity index (χ3n) is 4.29. The van der Waals surface area contributed by atoms with Crippen molar-refractivity contribution in [1.82, 2.24) is 5.32 Å². The first-order chi connectivity index (χ1) is 11.7. The molecule has 1 atom stereocenters. The van der Waals surface area contributed by atoms with Crippen LogP contribution in [0.4, 0.5) is 5.69 Å². The normalized spacial score (nSPS) is 18.7. The number of carbonyl (C=O) groups is 2. The van der Waals surface area contributed by atoms with Gasteiger partial charge in [-0.3, -0.25) is 9.59 Å². The molecule has 1 unspecified atom stereocenters. The first kappa shape index (κ1) is 19.3. The molecule has 1 fully saturated rings. The van der Waals surface area contributed by atoms with Gasteiger partial charge >= 0.3 is 0 Å². The Labute approximate surface area is 153 Å². The third-order valence-corrected chi connectivity index (χ3v) is 4.29. The Hall–Kier alpha value is -1.99. The Morgan fingerprint density at radius 3 is 2.76 bits per heavy atom. The lowest BCUT2D eigenvalue weighted by Crippen LogP contribution is -2.37. The summed E-state index contributed by atoms with van der Waals surface area (Å²) < 4.78 is 11.0. The highest BCUT2D eigenvalue weighted by Gasteiger charge is 2.37. The lowest BCUT2D eigenvalue weighted by Gasteiger charge is -2.22. The molecule has 0 bridgehead atoms. The van der Waals surface area contributed by atoms with Crippen LogP contribution in [0.5, 0.6) is 11.5 Å². The maximum absolute atomic E-state index is 12.6. The van der Waals surface area contributed by atoms with E-state index in [1.165, 1.54) is 0 Å². The summed E-state index contributed by atoms with van der Waals surface area (Å²) in [6, 6.07) is 5.43. The van der Waals surface area contributed by atoms with Gasteiger partial charge in [-0.05, 0) is 37.9 Å². The summed E-state index contributed by atoms with van der Waals surface area (Å²) in [5.74, 6) is 0.350. The lowest BCUT2D eigenvalue weighted by atomic mass is 10.1. The van der Waals surface area contributed by atoms with Gasteiger partial charge in [-0.15, -0.1) is 12.4 Å². The number of fused-ring (bicyclic) bond motifs is 1. The molecule has 2 aliphatic heterocycles. The minimum absolute atomic E-state index is 0.